The van der Waals surface area contributed by atoms with E-state index in [0.29, 0.717) is 12.1 Å². The number of aromatic carboxylic acids is 1. The second-order valence-corrected chi connectivity index (χ2v) is 3.76. The van der Waals surface area contributed by atoms with Crippen LogP contribution in [-0.4, -0.2) is 20.9 Å². The second kappa shape index (κ2) is 4.69. The van der Waals surface area contributed by atoms with Crippen molar-refractivity contribution in [2.24, 2.45) is 7.05 Å². The zero-order valence-corrected chi connectivity index (χ0v) is 9.42. The number of carboxylic acid groups (broad SMARTS) is 1. The standard InChI is InChI=1S/C12H13N3O2/c1-15-8-11(7-14-15)13-6-9-3-2-4-10(5-9)12(16)17/h2-5,7-8,13H,6H2,1H3,(H,16,17). The molecule has 0 radical (unpaired) electrons. The summed E-state index contributed by atoms with van der Waals surface area (Å²) in [6.07, 6.45) is 3.59. The Morgan fingerprint density at radius 1 is 1.53 bits per heavy atom. The smallest absolute Gasteiger partial charge is 0.335 e. The summed E-state index contributed by atoms with van der Waals surface area (Å²) in [5.41, 5.74) is 2.14. The third-order valence-electron chi connectivity index (χ3n) is 2.38. The van der Waals surface area contributed by atoms with Gasteiger partial charge in [0.25, 0.3) is 0 Å². The quantitative estimate of drug-likeness (QED) is 0.841. The van der Waals surface area contributed by atoms with Crippen LogP contribution in [0.2, 0.25) is 0 Å². The minimum absolute atomic E-state index is 0.301. The molecule has 5 nitrogen and oxygen atoms in total. The molecule has 2 N–H and O–H groups in total. The Morgan fingerprint density at radius 2 is 2.35 bits per heavy atom. The van der Waals surface area contributed by atoms with Gasteiger partial charge in [0.05, 0.1) is 17.4 Å². The first-order valence-corrected chi connectivity index (χ1v) is 5.20. The molecule has 0 bridgehead atoms. The fraction of sp³-hybridized carbons (Fsp3) is 0.167. The van der Waals surface area contributed by atoms with Gasteiger partial charge in [-0.05, 0) is 17.7 Å². The molecule has 17 heavy (non-hydrogen) atoms. The average molecular weight is 231 g/mol. The Morgan fingerprint density at radius 3 is 3.00 bits per heavy atom. The van der Waals surface area contributed by atoms with Crippen LogP contribution in [0.25, 0.3) is 0 Å². The first-order valence-electron chi connectivity index (χ1n) is 5.20. The van der Waals surface area contributed by atoms with Gasteiger partial charge in [0.2, 0.25) is 0 Å². The third kappa shape index (κ3) is 2.84. The van der Waals surface area contributed by atoms with Gasteiger partial charge in [0, 0.05) is 19.8 Å². The van der Waals surface area contributed by atoms with Gasteiger partial charge < -0.3 is 10.4 Å². The summed E-state index contributed by atoms with van der Waals surface area (Å²) in [5.74, 6) is -0.909. The van der Waals surface area contributed by atoms with Crippen molar-refractivity contribution in [1.82, 2.24) is 9.78 Å². The average Bonchev–Trinajstić information content (AvgIpc) is 2.73. The van der Waals surface area contributed by atoms with Crippen LogP contribution in [0.15, 0.2) is 36.7 Å². The molecule has 1 aromatic carbocycles. The van der Waals surface area contributed by atoms with Crippen LogP contribution < -0.4 is 5.32 Å². The lowest BCUT2D eigenvalue weighted by Gasteiger charge is -2.04. The van der Waals surface area contributed by atoms with Gasteiger partial charge in [0.1, 0.15) is 0 Å². The molecule has 1 aromatic heterocycles. The predicted octanol–water partition coefficient (Wildman–Crippen LogP) is 1.73. The van der Waals surface area contributed by atoms with E-state index in [0.717, 1.165) is 11.3 Å². The predicted molar refractivity (Wildman–Crippen MR) is 63.9 cm³/mol. The molecular weight excluding hydrogens is 218 g/mol. The summed E-state index contributed by atoms with van der Waals surface area (Å²) in [7, 11) is 1.84. The summed E-state index contributed by atoms with van der Waals surface area (Å²) < 4.78 is 1.70. The maximum atomic E-state index is 10.8. The Labute approximate surface area is 98.7 Å². The molecule has 0 aliphatic carbocycles. The van der Waals surface area contributed by atoms with Crippen molar-refractivity contribution in [3.63, 3.8) is 0 Å². The van der Waals surface area contributed by atoms with Crippen LogP contribution in [0.4, 0.5) is 5.69 Å². The highest BCUT2D eigenvalue weighted by Gasteiger charge is 2.03. The zero-order chi connectivity index (χ0) is 12.3. The summed E-state index contributed by atoms with van der Waals surface area (Å²) in [6, 6.07) is 6.86. The fourth-order valence-corrected chi connectivity index (χ4v) is 1.53. The van der Waals surface area contributed by atoms with Crippen LogP contribution in [-0.2, 0) is 13.6 Å². The molecule has 0 unspecified atom stereocenters. The molecule has 1 heterocycles. The second-order valence-electron chi connectivity index (χ2n) is 3.76. The number of nitrogens with one attached hydrogen (secondary N) is 1. The lowest BCUT2D eigenvalue weighted by Crippen LogP contribution is -2.01. The highest BCUT2D eigenvalue weighted by molar-refractivity contribution is 5.87. The lowest BCUT2D eigenvalue weighted by atomic mass is 10.1. The van der Waals surface area contributed by atoms with Crippen molar-refractivity contribution in [2.45, 2.75) is 6.54 Å². The summed E-state index contributed by atoms with van der Waals surface area (Å²) >= 11 is 0. The molecule has 2 aromatic rings. The van der Waals surface area contributed by atoms with Crippen LogP contribution in [0.1, 0.15) is 15.9 Å². The van der Waals surface area contributed by atoms with Gasteiger partial charge in [-0.3, -0.25) is 4.68 Å². The van der Waals surface area contributed by atoms with Crippen LogP contribution in [0, 0.1) is 0 Å². The first kappa shape index (κ1) is 11.2. The van der Waals surface area contributed by atoms with Crippen molar-refractivity contribution in [2.75, 3.05) is 5.32 Å². The normalized spacial score (nSPS) is 10.2. The van der Waals surface area contributed by atoms with E-state index in [1.54, 1.807) is 29.1 Å². The van der Waals surface area contributed by atoms with Crippen LogP contribution in [0.5, 0.6) is 0 Å². The van der Waals surface area contributed by atoms with Gasteiger partial charge in [-0.25, -0.2) is 4.79 Å². The first-order chi connectivity index (χ1) is 8.15. The van der Waals surface area contributed by atoms with Crippen LogP contribution in [0.3, 0.4) is 0 Å². The monoisotopic (exact) mass is 231 g/mol. The Kier molecular flexibility index (Phi) is 3.09. The van der Waals surface area contributed by atoms with Gasteiger partial charge in [0.15, 0.2) is 0 Å². The van der Waals surface area contributed by atoms with E-state index in [-0.39, 0.29) is 0 Å². The topological polar surface area (TPSA) is 67.2 Å². The Bertz CT molecular complexity index is 534. The minimum atomic E-state index is -0.909. The highest BCUT2D eigenvalue weighted by atomic mass is 16.4. The molecule has 0 aliphatic heterocycles. The molecule has 0 saturated heterocycles. The maximum absolute atomic E-state index is 10.8. The maximum Gasteiger partial charge on any atom is 0.335 e. The van der Waals surface area contributed by atoms with Crippen LogP contribution >= 0.6 is 0 Å². The summed E-state index contributed by atoms with van der Waals surface area (Å²) in [4.78, 5) is 10.8. The van der Waals surface area contributed by atoms with E-state index >= 15 is 0 Å². The number of hydrogen-bond acceptors (Lipinski definition) is 3. The number of aromatic nitrogens is 2. The number of carboxylic acids is 1. The third-order valence-corrected chi connectivity index (χ3v) is 2.38. The van der Waals surface area contributed by atoms with Gasteiger partial charge in [-0.2, -0.15) is 5.10 Å². The van der Waals surface area contributed by atoms with E-state index < -0.39 is 5.97 Å². The van der Waals surface area contributed by atoms with Crippen molar-refractivity contribution in [1.29, 1.82) is 0 Å². The van der Waals surface area contributed by atoms with E-state index in [2.05, 4.69) is 10.4 Å². The van der Waals surface area contributed by atoms with Crippen molar-refractivity contribution in [3.8, 4) is 0 Å². The molecule has 0 fully saturated rings. The van der Waals surface area contributed by atoms with E-state index in [4.69, 9.17) is 5.11 Å². The number of carbonyl (C=O) groups is 1. The summed E-state index contributed by atoms with van der Waals surface area (Å²) in [6.45, 7) is 0.576. The fourth-order valence-electron chi connectivity index (χ4n) is 1.53. The lowest BCUT2D eigenvalue weighted by molar-refractivity contribution is 0.0697. The molecule has 0 saturated carbocycles. The molecule has 0 amide bonds. The molecular formula is C12H13N3O2. The Hall–Kier alpha value is -2.30. The number of anilines is 1. The SMILES string of the molecule is Cn1cc(NCc2cccc(C(=O)O)c2)cn1. The molecule has 5 heteroatoms. The summed E-state index contributed by atoms with van der Waals surface area (Å²) in [5, 5.41) is 16.1. The highest BCUT2D eigenvalue weighted by Crippen LogP contribution is 2.09. The number of nitrogens with zero attached hydrogens (tertiary/aromatic N) is 2. The molecule has 88 valence electrons. The van der Waals surface area contributed by atoms with Gasteiger partial charge >= 0.3 is 5.97 Å². The van der Waals surface area contributed by atoms with E-state index in [1.807, 2.05) is 19.3 Å². The molecule has 0 atom stereocenters. The molecule has 0 aliphatic rings. The van der Waals surface area contributed by atoms with Gasteiger partial charge in [-0.1, -0.05) is 12.1 Å². The number of benzene rings is 1. The van der Waals surface area contributed by atoms with Crippen molar-refractivity contribution < 1.29 is 9.90 Å². The van der Waals surface area contributed by atoms with Gasteiger partial charge in [-0.15, -0.1) is 0 Å². The minimum Gasteiger partial charge on any atom is -0.478 e. The number of rotatable bonds is 4. The van der Waals surface area contributed by atoms with E-state index in [9.17, 15) is 4.79 Å². The number of hydrogen-bond donors (Lipinski definition) is 2. The van der Waals surface area contributed by atoms with Crippen molar-refractivity contribution in [3.05, 3.63) is 47.8 Å². The zero-order valence-electron chi connectivity index (χ0n) is 9.42. The van der Waals surface area contributed by atoms with E-state index in [1.165, 1.54) is 0 Å². The largest absolute Gasteiger partial charge is 0.478 e. The van der Waals surface area contributed by atoms with Crippen molar-refractivity contribution >= 4 is 11.7 Å². The Balaban J connectivity index is 2.04. The molecule has 0 spiro atoms. The molecule has 2 rings (SSSR count). The number of aryl methyl sites for hydroxylation is 1.